The molecule has 5 rings (SSSR count). The third-order valence-corrected chi connectivity index (χ3v) is 5.15. The second-order valence-electron chi connectivity index (χ2n) is 7.41. The maximum Gasteiger partial charge on any atom is 0.251 e. The molecule has 144 valence electrons. The topological polar surface area (TPSA) is 80.9 Å². The Morgan fingerprint density at radius 3 is 2.69 bits per heavy atom. The molecule has 0 saturated heterocycles. The van der Waals surface area contributed by atoms with Crippen LogP contribution < -0.4 is 5.32 Å². The molecule has 0 spiro atoms. The molecule has 1 fully saturated rings. The van der Waals surface area contributed by atoms with Gasteiger partial charge < -0.3 is 9.84 Å². The van der Waals surface area contributed by atoms with Crippen molar-refractivity contribution in [1.82, 2.24) is 20.4 Å². The molecule has 2 aromatic carbocycles. The summed E-state index contributed by atoms with van der Waals surface area (Å²) < 4.78 is 5.22. The van der Waals surface area contributed by atoms with Crippen molar-refractivity contribution in [3.8, 4) is 11.1 Å². The number of hydrogen-bond acceptors (Lipinski definition) is 5. The van der Waals surface area contributed by atoms with E-state index in [0.717, 1.165) is 40.6 Å². The average molecular weight is 384 g/mol. The number of rotatable bonds is 5. The number of benzene rings is 2. The Labute approximate surface area is 168 Å². The van der Waals surface area contributed by atoms with E-state index in [-0.39, 0.29) is 12.5 Å². The molecule has 0 radical (unpaired) electrons. The van der Waals surface area contributed by atoms with Crippen molar-refractivity contribution >= 4 is 16.8 Å². The Morgan fingerprint density at radius 2 is 1.90 bits per heavy atom. The molecular weight excluding hydrogens is 364 g/mol. The molecule has 1 aliphatic rings. The van der Waals surface area contributed by atoms with E-state index in [9.17, 15) is 4.79 Å². The molecule has 0 unspecified atom stereocenters. The lowest BCUT2D eigenvalue weighted by Gasteiger charge is -2.08. The number of amides is 1. The van der Waals surface area contributed by atoms with E-state index in [0.29, 0.717) is 23.2 Å². The highest BCUT2D eigenvalue weighted by Crippen LogP contribution is 2.38. The smallest absolute Gasteiger partial charge is 0.251 e. The van der Waals surface area contributed by atoms with Crippen LogP contribution in [0.5, 0.6) is 0 Å². The van der Waals surface area contributed by atoms with Crippen molar-refractivity contribution < 1.29 is 9.32 Å². The lowest BCUT2D eigenvalue weighted by molar-refractivity contribution is 0.0949. The molecule has 0 atom stereocenters. The first kappa shape index (κ1) is 17.6. The minimum absolute atomic E-state index is 0.162. The fourth-order valence-electron chi connectivity index (χ4n) is 3.41. The first-order chi connectivity index (χ1) is 14.2. The number of carbonyl (C=O) groups is 1. The van der Waals surface area contributed by atoms with Crippen LogP contribution in [-0.2, 0) is 6.54 Å². The zero-order chi connectivity index (χ0) is 19.8. The van der Waals surface area contributed by atoms with E-state index in [1.54, 1.807) is 0 Å². The summed E-state index contributed by atoms with van der Waals surface area (Å²) in [6, 6.07) is 17.8. The van der Waals surface area contributed by atoms with E-state index < -0.39 is 0 Å². The summed E-state index contributed by atoms with van der Waals surface area (Å²) in [6.07, 6.45) is 2.21. The summed E-state index contributed by atoms with van der Waals surface area (Å²) >= 11 is 0. The first-order valence-electron chi connectivity index (χ1n) is 9.75. The van der Waals surface area contributed by atoms with Crippen molar-refractivity contribution in [2.45, 2.75) is 32.2 Å². The summed E-state index contributed by atoms with van der Waals surface area (Å²) in [6.45, 7) is 2.24. The van der Waals surface area contributed by atoms with Gasteiger partial charge in [0.2, 0.25) is 5.89 Å². The van der Waals surface area contributed by atoms with Gasteiger partial charge in [-0.3, -0.25) is 9.78 Å². The number of hydrogen-bond donors (Lipinski definition) is 1. The van der Waals surface area contributed by atoms with Crippen LogP contribution in [0.4, 0.5) is 0 Å². The van der Waals surface area contributed by atoms with Gasteiger partial charge in [-0.25, -0.2) is 0 Å². The Bertz CT molecular complexity index is 1190. The lowest BCUT2D eigenvalue weighted by Crippen LogP contribution is -2.23. The maximum atomic E-state index is 12.5. The number of nitrogens with zero attached hydrogens (tertiary/aromatic N) is 3. The molecule has 2 heterocycles. The van der Waals surface area contributed by atoms with Gasteiger partial charge in [-0.05, 0) is 55.2 Å². The number of fused-ring (bicyclic) bond motifs is 1. The predicted octanol–water partition coefficient (Wildman–Crippen LogP) is 4.40. The molecule has 4 aromatic rings. The highest BCUT2D eigenvalue weighted by atomic mass is 16.5. The predicted molar refractivity (Wildman–Crippen MR) is 109 cm³/mol. The largest absolute Gasteiger partial charge is 0.345 e. The van der Waals surface area contributed by atoms with Gasteiger partial charge in [0.25, 0.3) is 5.91 Å². The summed E-state index contributed by atoms with van der Waals surface area (Å²) in [5, 5.41) is 7.87. The molecule has 6 nitrogen and oxygen atoms in total. The second kappa shape index (κ2) is 7.13. The van der Waals surface area contributed by atoms with Crippen molar-refractivity contribution in [2.75, 3.05) is 0 Å². The van der Waals surface area contributed by atoms with Crippen molar-refractivity contribution in [1.29, 1.82) is 0 Å². The molecule has 1 aliphatic carbocycles. The summed E-state index contributed by atoms with van der Waals surface area (Å²) in [5.74, 6) is 1.44. The second-order valence-corrected chi connectivity index (χ2v) is 7.41. The Kier molecular flexibility index (Phi) is 4.31. The Balaban J connectivity index is 1.31. The average Bonchev–Trinajstić information content (AvgIpc) is 3.49. The maximum absolute atomic E-state index is 12.5. The molecule has 1 N–H and O–H groups in total. The molecule has 6 heteroatoms. The summed E-state index contributed by atoms with van der Waals surface area (Å²) in [4.78, 5) is 21.4. The van der Waals surface area contributed by atoms with E-state index >= 15 is 0 Å². The molecule has 29 heavy (non-hydrogen) atoms. The monoisotopic (exact) mass is 384 g/mol. The Hall–Kier alpha value is -3.54. The van der Waals surface area contributed by atoms with Gasteiger partial charge >= 0.3 is 0 Å². The molecule has 0 aliphatic heterocycles. The molecular formula is C23H20N4O2. The fraction of sp³-hybridized carbons (Fsp3) is 0.217. The lowest BCUT2D eigenvalue weighted by atomic mass is 9.99. The minimum Gasteiger partial charge on any atom is -0.345 e. The number of nitrogens with one attached hydrogen (secondary N) is 1. The van der Waals surface area contributed by atoms with Crippen molar-refractivity contribution in [3.05, 3.63) is 77.6 Å². The van der Waals surface area contributed by atoms with E-state index in [1.807, 2.05) is 49.4 Å². The van der Waals surface area contributed by atoms with Crippen molar-refractivity contribution in [2.24, 2.45) is 0 Å². The van der Waals surface area contributed by atoms with Gasteiger partial charge in [-0.2, -0.15) is 4.98 Å². The van der Waals surface area contributed by atoms with Crippen LogP contribution in [0.25, 0.3) is 22.0 Å². The minimum atomic E-state index is -0.162. The summed E-state index contributed by atoms with van der Waals surface area (Å²) in [5.41, 5.74) is 4.70. The van der Waals surface area contributed by atoms with Crippen LogP contribution in [-0.4, -0.2) is 21.0 Å². The molecule has 1 saturated carbocycles. The van der Waals surface area contributed by atoms with Gasteiger partial charge in [0, 0.05) is 22.6 Å². The Morgan fingerprint density at radius 1 is 1.07 bits per heavy atom. The molecule has 2 aromatic heterocycles. The number of carbonyl (C=O) groups excluding carboxylic acids is 1. The standard InChI is InChI=1S/C23H20N4O2/c1-14-5-12-19-18(3-2-4-20(19)25-14)15-6-8-16(9-7-15)22(28)24-13-21-26-23(29-27-21)17-10-11-17/h2-9,12,17H,10-11,13H2,1H3,(H,24,28). The van der Waals surface area contributed by atoms with E-state index in [4.69, 9.17) is 4.52 Å². The van der Waals surface area contributed by atoms with Crippen LogP contribution in [0, 0.1) is 6.92 Å². The van der Waals surface area contributed by atoms with Gasteiger partial charge in [0.15, 0.2) is 5.82 Å². The molecule has 0 bridgehead atoms. The van der Waals surface area contributed by atoms with Gasteiger partial charge in [0.05, 0.1) is 12.1 Å². The first-order valence-corrected chi connectivity index (χ1v) is 9.75. The zero-order valence-electron chi connectivity index (χ0n) is 16.1. The highest BCUT2D eigenvalue weighted by Gasteiger charge is 2.29. The quantitative estimate of drug-likeness (QED) is 0.551. The number of pyridine rings is 1. The van der Waals surface area contributed by atoms with Gasteiger partial charge in [-0.1, -0.05) is 35.5 Å². The normalized spacial score (nSPS) is 13.6. The van der Waals surface area contributed by atoms with Crippen LogP contribution in [0.15, 0.2) is 59.1 Å². The van der Waals surface area contributed by atoms with Crippen LogP contribution in [0.1, 0.15) is 46.5 Å². The van der Waals surface area contributed by atoms with Crippen LogP contribution >= 0.6 is 0 Å². The third-order valence-electron chi connectivity index (χ3n) is 5.15. The number of aryl methyl sites for hydroxylation is 1. The summed E-state index contributed by atoms with van der Waals surface area (Å²) in [7, 11) is 0. The van der Waals surface area contributed by atoms with E-state index in [1.165, 1.54) is 0 Å². The number of aromatic nitrogens is 3. The van der Waals surface area contributed by atoms with Gasteiger partial charge in [0.1, 0.15) is 0 Å². The molecule has 1 amide bonds. The fourth-order valence-corrected chi connectivity index (χ4v) is 3.41. The van der Waals surface area contributed by atoms with Crippen LogP contribution in [0.2, 0.25) is 0 Å². The SMILES string of the molecule is Cc1ccc2c(-c3ccc(C(=O)NCc4noc(C5CC5)n4)cc3)cccc2n1. The highest BCUT2D eigenvalue weighted by molar-refractivity contribution is 5.97. The van der Waals surface area contributed by atoms with E-state index in [2.05, 4.69) is 32.6 Å². The third kappa shape index (κ3) is 3.61. The zero-order valence-corrected chi connectivity index (χ0v) is 16.1. The van der Waals surface area contributed by atoms with Crippen molar-refractivity contribution in [3.63, 3.8) is 0 Å². The van der Waals surface area contributed by atoms with Crippen LogP contribution in [0.3, 0.4) is 0 Å². The van der Waals surface area contributed by atoms with Gasteiger partial charge in [-0.15, -0.1) is 0 Å².